The van der Waals surface area contributed by atoms with Gasteiger partial charge in [0.1, 0.15) is 5.71 Å². The van der Waals surface area contributed by atoms with Crippen molar-refractivity contribution < 1.29 is 23.1 Å². The molecule has 1 aliphatic heterocycles. The summed E-state index contributed by atoms with van der Waals surface area (Å²) < 4.78 is 40.5. The lowest BCUT2D eigenvalue weighted by atomic mass is 10.2. The van der Waals surface area contributed by atoms with Crippen molar-refractivity contribution in [2.24, 2.45) is 10.1 Å². The lowest BCUT2D eigenvalue weighted by Gasteiger charge is -2.20. The van der Waals surface area contributed by atoms with Crippen LogP contribution in [0.1, 0.15) is 30.3 Å². The van der Waals surface area contributed by atoms with Crippen molar-refractivity contribution in [3.05, 3.63) is 35.9 Å². The van der Waals surface area contributed by atoms with Gasteiger partial charge < -0.3 is 10.0 Å². The summed E-state index contributed by atoms with van der Waals surface area (Å²) in [5.41, 5.74) is -0.719. The molecule has 0 atom stereocenters. The van der Waals surface area contributed by atoms with E-state index in [1.54, 1.807) is 24.3 Å². The van der Waals surface area contributed by atoms with E-state index in [0.29, 0.717) is 4.68 Å². The molecule has 1 N–H and O–H groups in total. The first-order valence-corrected chi connectivity index (χ1v) is 8.05. The summed E-state index contributed by atoms with van der Waals surface area (Å²) in [4.78, 5) is 17.2. The van der Waals surface area contributed by atoms with E-state index >= 15 is 0 Å². The molecule has 3 rings (SSSR count). The van der Waals surface area contributed by atoms with Crippen molar-refractivity contribution in [3.63, 3.8) is 0 Å². The summed E-state index contributed by atoms with van der Waals surface area (Å²) in [5, 5.41) is 19.2. The van der Waals surface area contributed by atoms with Crippen LogP contribution in [-0.2, 0) is 0 Å². The molecule has 0 bridgehead atoms. The van der Waals surface area contributed by atoms with Crippen LogP contribution in [0, 0.1) is 0 Å². The van der Waals surface area contributed by atoms with Gasteiger partial charge in [0.15, 0.2) is 5.71 Å². The summed E-state index contributed by atoms with van der Waals surface area (Å²) in [6.07, 6.45) is -4.82. The molecule has 2 heterocycles. The fourth-order valence-electron chi connectivity index (χ4n) is 2.66. The molecule has 11 heteroatoms. The number of aromatic carboxylic acids is 1. The van der Waals surface area contributed by atoms with Gasteiger partial charge in [0.2, 0.25) is 5.82 Å². The topological polar surface area (TPSA) is 96.0 Å². The summed E-state index contributed by atoms with van der Waals surface area (Å²) >= 11 is 0. The lowest BCUT2D eigenvalue weighted by molar-refractivity contribution is -0.0567. The number of hydrogen-bond acceptors (Lipinski definition) is 6. The van der Waals surface area contributed by atoms with Gasteiger partial charge in [-0.05, 0) is 38.1 Å². The third kappa shape index (κ3) is 3.39. The number of alkyl halides is 3. The van der Waals surface area contributed by atoms with Gasteiger partial charge in [-0.25, -0.2) is 9.79 Å². The van der Waals surface area contributed by atoms with Crippen LogP contribution in [0.4, 0.5) is 24.5 Å². The highest BCUT2D eigenvalue weighted by Crippen LogP contribution is 2.28. The first-order valence-electron chi connectivity index (χ1n) is 8.05. The number of benzene rings is 1. The van der Waals surface area contributed by atoms with Gasteiger partial charge in [-0.1, -0.05) is 0 Å². The van der Waals surface area contributed by atoms with Crippen LogP contribution in [0.25, 0.3) is 0 Å². The minimum absolute atomic E-state index is 0.256. The molecule has 0 saturated carbocycles. The van der Waals surface area contributed by atoms with Crippen molar-refractivity contribution in [1.29, 1.82) is 0 Å². The number of aromatic nitrogens is 3. The molecule has 142 valence electrons. The average molecular weight is 380 g/mol. The number of carbonyl (C=O) groups is 1. The zero-order valence-corrected chi connectivity index (χ0v) is 14.4. The van der Waals surface area contributed by atoms with Crippen LogP contribution in [-0.4, -0.2) is 56.6 Å². The fourth-order valence-corrected chi connectivity index (χ4v) is 2.66. The quantitative estimate of drug-likeness (QED) is 0.860. The molecule has 0 radical (unpaired) electrons. The molecule has 1 aromatic carbocycles. The molecule has 1 aromatic heterocycles. The lowest BCUT2D eigenvalue weighted by Crippen LogP contribution is -2.29. The Morgan fingerprint density at radius 1 is 1.19 bits per heavy atom. The maximum atomic E-state index is 13.3. The largest absolute Gasteiger partial charge is 0.475 e. The Hall–Kier alpha value is -3.24. The Bertz CT molecular complexity index is 927. The van der Waals surface area contributed by atoms with Crippen molar-refractivity contribution in [2.75, 3.05) is 18.0 Å². The van der Waals surface area contributed by atoms with Crippen LogP contribution in [0.3, 0.4) is 0 Å². The van der Waals surface area contributed by atoms with Gasteiger partial charge in [-0.2, -0.15) is 22.9 Å². The first kappa shape index (κ1) is 18.5. The normalized spacial score (nSPS) is 15.0. The maximum absolute atomic E-state index is 13.3. The smallest absolute Gasteiger partial charge is 0.437 e. The highest BCUT2D eigenvalue weighted by Gasteiger charge is 2.46. The Morgan fingerprint density at radius 2 is 1.81 bits per heavy atom. The number of carboxylic acid groups (broad SMARTS) is 1. The molecule has 0 spiro atoms. The maximum Gasteiger partial charge on any atom is 0.437 e. The minimum Gasteiger partial charge on any atom is -0.475 e. The SMILES string of the molecule is CCN(CC)c1ccc(/N=C2\C(C(F)(F)F)=Nn3c(C(=O)O)nnc32)cc1. The summed E-state index contributed by atoms with van der Waals surface area (Å²) in [7, 11) is 0. The van der Waals surface area contributed by atoms with E-state index in [9.17, 15) is 18.0 Å². The number of nitrogens with zero attached hydrogens (tertiary/aromatic N) is 6. The molecule has 0 aliphatic carbocycles. The second kappa shape index (κ2) is 6.82. The Morgan fingerprint density at radius 3 is 2.33 bits per heavy atom. The van der Waals surface area contributed by atoms with Gasteiger partial charge >= 0.3 is 12.1 Å². The number of anilines is 1. The highest BCUT2D eigenvalue weighted by atomic mass is 19.4. The van der Waals surface area contributed by atoms with Crippen LogP contribution in [0.2, 0.25) is 0 Å². The Kier molecular flexibility index (Phi) is 4.68. The second-order valence-corrected chi connectivity index (χ2v) is 5.56. The Balaban J connectivity index is 2.04. The van der Waals surface area contributed by atoms with E-state index in [2.05, 4.69) is 25.2 Å². The van der Waals surface area contributed by atoms with E-state index in [1.807, 2.05) is 13.8 Å². The van der Waals surface area contributed by atoms with Gasteiger partial charge in [0, 0.05) is 18.8 Å². The van der Waals surface area contributed by atoms with Crippen molar-refractivity contribution >= 4 is 28.8 Å². The zero-order chi connectivity index (χ0) is 19.8. The fraction of sp³-hybridized carbons (Fsp3) is 0.312. The minimum atomic E-state index is -4.82. The van der Waals surface area contributed by atoms with E-state index in [4.69, 9.17) is 5.11 Å². The van der Waals surface area contributed by atoms with Crippen LogP contribution in [0.5, 0.6) is 0 Å². The third-order valence-electron chi connectivity index (χ3n) is 3.96. The molecule has 2 aromatic rings. The average Bonchev–Trinajstić information content (AvgIpc) is 3.17. The predicted octanol–water partition coefficient (Wildman–Crippen LogP) is 2.72. The number of fused-ring (bicyclic) bond motifs is 1. The number of carboxylic acids is 1. The van der Waals surface area contributed by atoms with E-state index < -0.39 is 29.4 Å². The monoisotopic (exact) mass is 380 g/mol. The van der Waals surface area contributed by atoms with Gasteiger partial charge in [0.05, 0.1) is 5.69 Å². The van der Waals surface area contributed by atoms with Gasteiger partial charge in [-0.3, -0.25) is 0 Å². The number of rotatable bonds is 5. The molecule has 8 nitrogen and oxygen atoms in total. The molecule has 27 heavy (non-hydrogen) atoms. The predicted molar refractivity (Wildman–Crippen MR) is 92.1 cm³/mol. The van der Waals surface area contributed by atoms with Crippen LogP contribution < -0.4 is 4.90 Å². The van der Waals surface area contributed by atoms with Gasteiger partial charge in [-0.15, -0.1) is 10.2 Å². The van der Waals surface area contributed by atoms with E-state index in [0.717, 1.165) is 18.8 Å². The highest BCUT2D eigenvalue weighted by molar-refractivity contribution is 6.51. The number of halogens is 3. The van der Waals surface area contributed by atoms with Crippen LogP contribution in [0.15, 0.2) is 34.4 Å². The Labute approximate surface area is 151 Å². The molecule has 0 saturated heterocycles. The summed E-state index contributed by atoms with van der Waals surface area (Å²) in [6.45, 7) is 5.57. The number of aliphatic imine (C=N–C) groups is 1. The van der Waals surface area contributed by atoms with Crippen LogP contribution >= 0.6 is 0 Å². The zero-order valence-electron chi connectivity index (χ0n) is 14.4. The number of hydrogen-bond donors (Lipinski definition) is 1. The van der Waals surface area contributed by atoms with Crippen molar-refractivity contribution in [2.45, 2.75) is 20.0 Å². The second-order valence-electron chi connectivity index (χ2n) is 5.56. The molecule has 0 unspecified atom stereocenters. The summed E-state index contributed by atoms with van der Waals surface area (Å²) in [6, 6.07) is 6.65. The van der Waals surface area contributed by atoms with E-state index in [-0.39, 0.29) is 11.5 Å². The molecular weight excluding hydrogens is 365 g/mol. The van der Waals surface area contributed by atoms with Crippen molar-refractivity contribution in [3.8, 4) is 0 Å². The molecule has 1 aliphatic rings. The van der Waals surface area contributed by atoms with Crippen molar-refractivity contribution in [1.82, 2.24) is 14.9 Å². The third-order valence-corrected chi connectivity index (χ3v) is 3.96. The van der Waals surface area contributed by atoms with Gasteiger partial charge in [0.25, 0.3) is 5.82 Å². The first-order chi connectivity index (χ1) is 12.8. The van der Waals surface area contributed by atoms with E-state index in [1.165, 1.54) is 0 Å². The molecular formula is C16H15F3N6O2. The standard InChI is InChI=1S/C16H15F3N6O2/c1-3-24(4-2)10-7-5-9(6-8-10)20-11-12(16(17,18)19)23-25-13(11)21-22-14(25)15(26)27/h5-8H,3-4H2,1-2H3,(H,26,27)/b20-11+. The molecule has 0 amide bonds. The summed E-state index contributed by atoms with van der Waals surface area (Å²) in [5.74, 6) is -2.62. The molecule has 0 fully saturated rings.